The van der Waals surface area contributed by atoms with Crippen LogP contribution in [0, 0.1) is 6.92 Å². The zero-order valence-electron chi connectivity index (χ0n) is 8.93. The Morgan fingerprint density at radius 1 is 1.60 bits per heavy atom. The quantitative estimate of drug-likeness (QED) is 0.920. The van der Waals surface area contributed by atoms with Crippen molar-refractivity contribution >= 4 is 21.7 Å². The first kappa shape index (κ1) is 12.0. The fourth-order valence-electron chi connectivity index (χ4n) is 1.38. The predicted octanol–water partition coefficient (Wildman–Crippen LogP) is 2.60. The van der Waals surface area contributed by atoms with Gasteiger partial charge in [-0.2, -0.15) is 0 Å². The highest BCUT2D eigenvalue weighted by atomic mass is 79.9. The lowest BCUT2D eigenvalue weighted by atomic mass is 10.0. The minimum Gasteiger partial charge on any atom is -0.504 e. The number of carbonyl (C=O) groups excluding carboxylic acids is 1. The van der Waals surface area contributed by atoms with E-state index in [-0.39, 0.29) is 18.0 Å². The van der Waals surface area contributed by atoms with Crippen molar-refractivity contribution in [3.05, 3.63) is 21.7 Å². The average Bonchev–Trinajstić information content (AvgIpc) is 2.18. The molecule has 1 N–H and O–H groups in total. The second kappa shape index (κ2) is 4.66. The fourth-order valence-corrected chi connectivity index (χ4v) is 1.83. The molecule has 0 radical (unpaired) electrons. The third kappa shape index (κ3) is 2.50. The Morgan fingerprint density at radius 2 is 2.20 bits per heavy atom. The summed E-state index contributed by atoms with van der Waals surface area (Å²) in [7, 11) is 1.49. The number of ketones is 1. The molecule has 0 aliphatic carbocycles. The van der Waals surface area contributed by atoms with Gasteiger partial charge in [-0.1, -0.05) is 15.9 Å². The van der Waals surface area contributed by atoms with E-state index in [9.17, 15) is 9.90 Å². The van der Waals surface area contributed by atoms with Crippen molar-refractivity contribution in [1.29, 1.82) is 0 Å². The maximum absolute atomic E-state index is 11.1. The Labute approximate surface area is 97.2 Å². The number of Topliss-reactive ketones (excluding diaryl/α,β-unsaturated/α-hetero) is 1. The van der Waals surface area contributed by atoms with E-state index < -0.39 is 0 Å². The number of methoxy groups -OCH3 is 1. The van der Waals surface area contributed by atoms with E-state index in [1.165, 1.54) is 14.0 Å². The van der Waals surface area contributed by atoms with Gasteiger partial charge in [-0.15, -0.1) is 0 Å². The molecular formula is C11H13BrO3. The van der Waals surface area contributed by atoms with Gasteiger partial charge in [-0.25, -0.2) is 0 Å². The molecule has 0 saturated carbocycles. The van der Waals surface area contributed by atoms with Crippen LogP contribution in [0.4, 0.5) is 0 Å². The number of rotatable bonds is 3. The van der Waals surface area contributed by atoms with E-state index in [0.29, 0.717) is 11.3 Å². The van der Waals surface area contributed by atoms with Crippen LogP contribution >= 0.6 is 15.9 Å². The molecule has 0 aliphatic rings. The first-order valence-corrected chi connectivity index (χ1v) is 5.31. The van der Waals surface area contributed by atoms with Gasteiger partial charge in [0.2, 0.25) is 0 Å². The van der Waals surface area contributed by atoms with Crippen molar-refractivity contribution in [2.24, 2.45) is 0 Å². The van der Waals surface area contributed by atoms with E-state index in [1.807, 2.05) is 6.92 Å². The Bertz CT molecular complexity index is 399. The normalized spacial score (nSPS) is 10.1. The molecule has 0 heterocycles. The van der Waals surface area contributed by atoms with E-state index >= 15 is 0 Å². The lowest BCUT2D eigenvalue weighted by molar-refractivity contribution is -0.116. The van der Waals surface area contributed by atoms with Crippen LogP contribution in [0.2, 0.25) is 0 Å². The average molecular weight is 273 g/mol. The van der Waals surface area contributed by atoms with Crippen molar-refractivity contribution in [1.82, 2.24) is 0 Å². The Balaban J connectivity index is 3.33. The number of halogens is 1. The van der Waals surface area contributed by atoms with Crippen molar-refractivity contribution in [3.63, 3.8) is 0 Å². The standard InChI is InChI=1S/C11H13BrO3/c1-6-4-9(15-3)11(14)8(10(6)12)5-7(2)13/h4,14H,5H2,1-3H3. The van der Waals surface area contributed by atoms with Crippen LogP contribution in [0.25, 0.3) is 0 Å². The van der Waals surface area contributed by atoms with Crippen molar-refractivity contribution < 1.29 is 14.6 Å². The number of hydrogen-bond donors (Lipinski definition) is 1. The molecule has 0 aliphatic heterocycles. The Kier molecular flexibility index (Phi) is 3.74. The summed E-state index contributed by atoms with van der Waals surface area (Å²) in [6, 6.07) is 1.73. The SMILES string of the molecule is COc1cc(C)c(Br)c(CC(C)=O)c1O. The number of ether oxygens (including phenoxy) is 1. The molecule has 0 spiro atoms. The number of phenolic OH excluding ortho intramolecular Hbond substituents is 1. The third-order valence-corrected chi connectivity index (χ3v) is 3.23. The summed E-state index contributed by atoms with van der Waals surface area (Å²) in [5, 5.41) is 9.84. The van der Waals surface area contributed by atoms with Gasteiger partial charge >= 0.3 is 0 Å². The minimum absolute atomic E-state index is 0.00125. The van der Waals surface area contributed by atoms with Gasteiger partial charge in [0.25, 0.3) is 0 Å². The maximum atomic E-state index is 11.1. The lowest BCUT2D eigenvalue weighted by Crippen LogP contribution is -2.00. The van der Waals surface area contributed by atoms with Gasteiger partial charge < -0.3 is 9.84 Å². The molecule has 4 heteroatoms. The molecule has 15 heavy (non-hydrogen) atoms. The summed E-state index contributed by atoms with van der Waals surface area (Å²) in [5.74, 6) is 0.427. The van der Waals surface area contributed by atoms with Crippen LogP contribution < -0.4 is 4.74 Å². The maximum Gasteiger partial charge on any atom is 0.162 e. The summed E-state index contributed by atoms with van der Waals surface area (Å²) in [5.41, 5.74) is 1.51. The predicted molar refractivity (Wildman–Crippen MR) is 61.5 cm³/mol. The van der Waals surface area contributed by atoms with Crippen LogP contribution in [0.3, 0.4) is 0 Å². The molecule has 0 bridgehead atoms. The highest BCUT2D eigenvalue weighted by Gasteiger charge is 2.15. The molecule has 0 amide bonds. The van der Waals surface area contributed by atoms with Gasteiger partial charge in [0.15, 0.2) is 11.5 Å². The summed E-state index contributed by atoms with van der Waals surface area (Å²) in [4.78, 5) is 11.1. The van der Waals surface area contributed by atoms with Gasteiger partial charge in [0.1, 0.15) is 5.78 Å². The van der Waals surface area contributed by atoms with Crippen LogP contribution in [0.5, 0.6) is 11.5 Å². The summed E-state index contributed by atoms with van der Waals surface area (Å²) < 4.78 is 5.78. The fraction of sp³-hybridized carbons (Fsp3) is 0.364. The Morgan fingerprint density at radius 3 is 2.67 bits per heavy atom. The van der Waals surface area contributed by atoms with Crippen molar-refractivity contribution in [2.45, 2.75) is 20.3 Å². The molecule has 0 atom stereocenters. The molecule has 1 aromatic carbocycles. The number of aryl methyl sites for hydroxylation is 1. The van der Waals surface area contributed by atoms with Gasteiger partial charge in [-0.3, -0.25) is 4.79 Å². The first-order valence-electron chi connectivity index (χ1n) is 4.51. The van der Waals surface area contributed by atoms with Crippen molar-refractivity contribution in [3.8, 4) is 11.5 Å². The van der Waals surface area contributed by atoms with Crippen LogP contribution in [0.15, 0.2) is 10.5 Å². The van der Waals surface area contributed by atoms with Gasteiger partial charge in [-0.05, 0) is 25.5 Å². The lowest BCUT2D eigenvalue weighted by Gasteiger charge is -2.12. The largest absolute Gasteiger partial charge is 0.504 e. The highest BCUT2D eigenvalue weighted by Crippen LogP contribution is 2.37. The summed E-state index contributed by atoms with van der Waals surface area (Å²) in [6.45, 7) is 3.37. The van der Waals surface area contributed by atoms with E-state index in [0.717, 1.165) is 10.0 Å². The second-order valence-corrected chi connectivity index (χ2v) is 4.21. The molecule has 1 aromatic rings. The van der Waals surface area contributed by atoms with Crippen LogP contribution in [-0.4, -0.2) is 18.0 Å². The molecular weight excluding hydrogens is 260 g/mol. The number of carbonyl (C=O) groups is 1. The molecule has 1 rings (SSSR count). The van der Waals surface area contributed by atoms with Crippen LogP contribution in [-0.2, 0) is 11.2 Å². The highest BCUT2D eigenvalue weighted by molar-refractivity contribution is 9.10. The Hall–Kier alpha value is -1.03. The molecule has 0 saturated heterocycles. The summed E-state index contributed by atoms with van der Waals surface area (Å²) in [6.07, 6.45) is 0.199. The zero-order chi connectivity index (χ0) is 11.6. The molecule has 82 valence electrons. The van der Waals surface area contributed by atoms with Gasteiger partial charge in [0, 0.05) is 16.5 Å². The van der Waals surface area contributed by atoms with E-state index in [1.54, 1.807) is 6.07 Å². The van der Waals surface area contributed by atoms with Gasteiger partial charge in [0.05, 0.1) is 7.11 Å². The topological polar surface area (TPSA) is 46.5 Å². The first-order chi connectivity index (χ1) is 6.97. The molecule has 0 unspecified atom stereocenters. The molecule has 0 aromatic heterocycles. The minimum atomic E-state index is -0.00125. The van der Waals surface area contributed by atoms with E-state index in [2.05, 4.69) is 15.9 Å². The number of aromatic hydroxyl groups is 1. The van der Waals surface area contributed by atoms with E-state index in [4.69, 9.17) is 4.74 Å². The third-order valence-electron chi connectivity index (χ3n) is 2.12. The second-order valence-electron chi connectivity index (χ2n) is 3.42. The monoisotopic (exact) mass is 272 g/mol. The number of hydrogen-bond acceptors (Lipinski definition) is 3. The molecule has 0 fully saturated rings. The summed E-state index contributed by atoms with van der Waals surface area (Å²) >= 11 is 3.36. The number of benzene rings is 1. The van der Waals surface area contributed by atoms with Crippen molar-refractivity contribution in [2.75, 3.05) is 7.11 Å². The molecule has 3 nitrogen and oxygen atoms in total. The van der Waals surface area contributed by atoms with Crippen LogP contribution in [0.1, 0.15) is 18.1 Å². The smallest absolute Gasteiger partial charge is 0.162 e. The zero-order valence-corrected chi connectivity index (χ0v) is 10.5. The number of phenols is 1.